The van der Waals surface area contributed by atoms with Gasteiger partial charge in [-0.05, 0) is 0 Å². The average Bonchev–Trinajstić information content (AvgIpc) is 1.39. The van der Waals surface area contributed by atoms with Gasteiger partial charge in [-0.2, -0.15) is 0 Å². The van der Waals surface area contributed by atoms with Crippen LogP contribution in [-0.4, -0.2) is 5.48 Å². The van der Waals surface area contributed by atoms with Crippen molar-refractivity contribution in [1.82, 2.24) is 0 Å². The molecular weight excluding hydrogens is 289 g/mol. The summed E-state index contributed by atoms with van der Waals surface area (Å²) in [5.41, 5.74) is 0. The molecule has 0 bridgehead atoms. The fourth-order valence-electron chi connectivity index (χ4n) is 0. The molecule has 0 saturated carbocycles. The zero-order valence-electron chi connectivity index (χ0n) is 3.43. The number of rotatable bonds is 0. The van der Waals surface area contributed by atoms with Crippen molar-refractivity contribution in [3.8, 4) is 0 Å². The van der Waals surface area contributed by atoms with Crippen molar-refractivity contribution in [2.45, 2.75) is 0 Å². The van der Waals surface area contributed by atoms with Gasteiger partial charge in [0.1, 0.15) is 0 Å². The molecule has 0 atom stereocenters. The van der Waals surface area contributed by atoms with Gasteiger partial charge in [0, 0.05) is 0 Å². The molecule has 0 aromatic rings. The Morgan fingerprint density at radius 1 is 0.714 bits per heavy atom. The van der Waals surface area contributed by atoms with E-state index in [0.717, 1.165) is 0 Å². The summed E-state index contributed by atoms with van der Waals surface area (Å²) in [6.45, 7) is 0. The molecule has 40 valence electrons. The Morgan fingerprint density at radius 3 is 0.714 bits per heavy atom. The fraction of sp³-hybridized carbons (Fsp3) is 0. The minimum absolute atomic E-state index is 0. The van der Waals surface area contributed by atoms with Gasteiger partial charge in [-0.15, -0.1) is 0 Å². The van der Waals surface area contributed by atoms with Crippen LogP contribution in [0.2, 0.25) is 0 Å². The average molecular weight is 291 g/mol. The minimum atomic E-state index is -0.931. The fourth-order valence-corrected chi connectivity index (χ4v) is 0. The molecule has 0 aliphatic carbocycles. The second-order valence-electron chi connectivity index (χ2n) is 0.202. The molecule has 0 radical (unpaired) electrons. The Bertz CT molecular complexity index is 11.7. The van der Waals surface area contributed by atoms with Crippen LogP contribution in [0.5, 0.6) is 0 Å². The molecule has 0 heterocycles. The Morgan fingerprint density at radius 2 is 0.714 bits per heavy atom. The van der Waals surface area contributed by atoms with Crippen LogP contribution < -0.4 is 0 Å². The molecule has 0 amide bonds. The first-order valence-corrected chi connectivity index (χ1v) is 16.7. The summed E-state index contributed by atoms with van der Waals surface area (Å²) in [6.07, 6.45) is 0. The molecule has 0 unspecified atom stereocenters. The van der Waals surface area contributed by atoms with E-state index in [4.69, 9.17) is 38.8 Å². The van der Waals surface area contributed by atoms with E-state index in [1.165, 1.54) is 0 Å². The molecule has 0 aliphatic rings. The van der Waals surface area contributed by atoms with Crippen molar-refractivity contribution in [3.63, 3.8) is 0 Å². The first kappa shape index (κ1) is 16.2. The van der Waals surface area contributed by atoms with Crippen molar-refractivity contribution >= 4 is 38.8 Å². The molecule has 0 fully saturated rings. The van der Waals surface area contributed by atoms with Crippen LogP contribution in [0.4, 0.5) is 0 Å². The van der Waals surface area contributed by atoms with Gasteiger partial charge in [0.15, 0.2) is 0 Å². The van der Waals surface area contributed by atoms with E-state index in [1.807, 2.05) is 0 Å². The van der Waals surface area contributed by atoms with E-state index >= 15 is 0 Å². The van der Waals surface area contributed by atoms with E-state index in [0.29, 0.717) is 0 Å². The normalized spacial score (nSPS) is 2.86. The van der Waals surface area contributed by atoms with Crippen LogP contribution in [0.3, 0.4) is 0 Å². The molecule has 0 aromatic carbocycles. The first-order valence-electron chi connectivity index (χ1n) is 1.07. The quantitative estimate of drug-likeness (QED) is 0.611. The second-order valence-corrected chi connectivity index (χ2v) is 9.45. The van der Waals surface area contributed by atoms with Crippen LogP contribution >= 0.6 is 38.8 Å². The van der Waals surface area contributed by atoms with E-state index in [2.05, 4.69) is 0 Å². The van der Waals surface area contributed by atoms with Crippen LogP contribution in [0.25, 0.3) is 0 Å². The maximum absolute atomic E-state index is 4.95. The van der Waals surface area contributed by atoms with Crippen molar-refractivity contribution in [2.24, 2.45) is 0 Å². The topological polar surface area (TPSA) is 31.5 Å². The Hall–Kier alpha value is 2.37. The third-order valence-electron chi connectivity index (χ3n) is 0. The molecular formula is H2Cl4OZn2. The van der Waals surface area contributed by atoms with Gasteiger partial charge in [-0.3, -0.25) is 0 Å². The van der Waals surface area contributed by atoms with E-state index in [-0.39, 0.29) is 5.48 Å². The summed E-state index contributed by atoms with van der Waals surface area (Å²) in [6, 6.07) is 0. The molecule has 2 N–H and O–H groups in total. The molecule has 0 saturated heterocycles. The van der Waals surface area contributed by atoms with Crippen LogP contribution in [0.15, 0.2) is 0 Å². The van der Waals surface area contributed by atoms with E-state index in [1.54, 1.807) is 0 Å². The predicted molar refractivity (Wildman–Crippen MR) is 27.0 cm³/mol. The first-order chi connectivity index (χ1) is 2.83. The summed E-state index contributed by atoms with van der Waals surface area (Å²) in [5, 5.41) is 0. The molecule has 1 nitrogen and oxygen atoms in total. The number of halogens is 4. The van der Waals surface area contributed by atoms with Crippen molar-refractivity contribution in [3.05, 3.63) is 0 Å². The summed E-state index contributed by atoms with van der Waals surface area (Å²) in [5.74, 6) is 0. The second kappa shape index (κ2) is 23.8. The molecule has 7 heteroatoms. The summed E-state index contributed by atoms with van der Waals surface area (Å²) < 4.78 is 0. The van der Waals surface area contributed by atoms with Gasteiger partial charge < -0.3 is 5.48 Å². The van der Waals surface area contributed by atoms with Crippen LogP contribution in [-0.2, 0) is 30.3 Å². The SMILES string of the molecule is O.[Cl][Zn][Cl].[Cl][Zn][Cl]. The maximum atomic E-state index is 4.95. The van der Waals surface area contributed by atoms with Crippen molar-refractivity contribution in [1.29, 1.82) is 0 Å². The molecule has 0 aliphatic heterocycles. The summed E-state index contributed by atoms with van der Waals surface area (Å²) in [7, 11) is 19.8. The van der Waals surface area contributed by atoms with Gasteiger partial charge in [0.25, 0.3) is 0 Å². The Balaban J connectivity index is -0.0000000400. The molecule has 0 aromatic heterocycles. The third-order valence-corrected chi connectivity index (χ3v) is 0. The number of hydrogen-bond donors (Lipinski definition) is 0. The molecule has 0 spiro atoms. The van der Waals surface area contributed by atoms with Gasteiger partial charge in [0.2, 0.25) is 0 Å². The van der Waals surface area contributed by atoms with Gasteiger partial charge >= 0.3 is 69.1 Å². The summed E-state index contributed by atoms with van der Waals surface area (Å²) >= 11 is -1.86. The van der Waals surface area contributed by atoms with E-state index in [9.17, 15) is 0 Å². The molecule has 7 heavy (non-hydrogen) atoms. The Labute approximate surface area is 73.7 Å². The van der Waals surface area contributed by atoms with Gasteiger partial charge in [0.05, 0.1) is 0 Å². The van der Waals surface area contributed by atoms with Crippen LogP contribution in [0, 0.1) is 0 Å². The predicted octanol–water partition coefficient (Wildman–Crippen LogP) is 1.93. The third kappa shape index (κ3) is 60.5. The summed E-state index contributed by atoms with van der Waals surface area (Å²) in [4.78, 5) is 0. The standard InChI is InChI=1S/4ClH.H2O.2Zn/h4*1H;1H2;;/q;;;;;2*+2/p-4. The Kier molecular flexibility index (Phi) is 55.0. The zero-order valence-corrected chi connectivity index (χ0v) is 12.4. The van der Waals surface area contributed by atoms with E-state index < -0.39 is 30.3 Å². The van der Waals surface area contributed by atoms with Crippen LogP contribution in [0.1, 0.15) is 0 Å². The monoisotopic (exact) mass is 286 g/mol. The van der Waals surface area contributed by atoms with Crippen molar-refractivity contribution < 1.29 is 35.8 Å². The van der Waals surface area contributed by atoms with Gasteiger partial charge in [-0.1, -0.05) is 0 Å². The number of hydrogen-bond acceptors (Lipinski definition) is 0. The zero-order chi connectivity index (χ0) is 5.41. The molecule has 0 rings (SSSR count). The van der Waals surface area contributed by atoms with Crippen molar-refractivity contribution in [2.75, 3.05) is 0 Å². The van der Waals surface area contributed by atoms with Gasteiger partial charge in [-0.25, -0.2) is 0 Å².